The van der Waals surface area contributed by atoms with E-state index in [9.17, 15) is 4.79 Å². The third-order valence-corrected chi connectivity index (χ3v) is 7.65. The molecule has 2 saturated heterocycles. The van der Waals surface area contributed by atoms with Gasteiger partial charge in [0, 0.05) is 30.0 Å². The maximum atomic E-state index is 14.0. The number of halogens is 1. The number of carbonyl (C=O) groups is 1. The van der Waals surface area contributed by atoms with Gasteiger partial charge in [0.15, 0.2) is 0 Å². The zero-order chi connectivity index (χ0) is 22.5. The minimum atomic E-state index is -0.0588. The third-order valence-electron chi connectivity index (χ3n) is 6.93. The van der Waals surface area contributed by atoms with Crippen molar-refractivity contribution in [2.24, 2.45) is 17.6 Å². The number of piperidine rings is 1. The Hall–Kier alpha value is -2.37. The standard InChI is InChI=1S/C27H32BrN3O/c1-2-8-21(16-29)20-13-14-31(26(15-20)19-9-4-3-5-10-19)27(32)24-18-30-17-23(24)22-11-6-7-12-25(22)28/h2-12,16,20,23-24,26,30H,13-15,17-18,29H2,1H3/b8-2-,21-16+/t20?,23?,24-,26?/m1/s1. The first kappa shape index (κ1) is 22.8. The van der Waals surface area contributed by atoms with Crippen LogP contribution in [-0.2, 0) is 4.79 Å². The predicted octanol–water partition coefficient (Wildman–Crippen LogP) is 5.15. The van der Waals surface area contributed by atoms with Crippen LogP contribution in [0.4, 0.5) is 0 Å². The van der Waals surface area contributed by atoms with Crippen molar-refractivity contribution in [1.29, 1.82) is 0 Å². The average molecular weight is 494 g/mol. The minimum absolute atomic E-state index is 0.0584. The number of benzene rings is 2. The second-order valence-electron chi connectivity index (χ2n) is 8.74. The zero-order valence-corrected chi connectivity index (χ0v) is 20.2. The molecule has 32 heavy (non-hydrogen) atoms. The quantitative estimate of drug-likeness (QED) is 0.566. The average Bonchev–Trinajstić information content (AvgIpc) is 3.32. The van der Waals surface area contributed by atoms with E-state index in [2.05, 4.69) is 74.7 Å². The number of hydrogen-bond acceptors (Lipinski definition) is 3. The smallest absolute Gasteiger partial charge is 0.228 e. The molecule has 2 fully saturated rings. The Morgan fingerprint density at radius 2 is 1.88 bits per heavy atom. The highest BCUT2D eigenvalue weighted by Crippen LogP contribution is 2.41. The highest BCUT2D eigenvalue weighted by atomic mass is 79.9. The Bertz CT molecular complexity index is 987. The molecule has 0 aliphatic carbocycles. The Kier molecular flexibility index (Phi) is 7.48. The molecule has 0 saturated carbocycles. The zero-order valence-electron chi connectivity index (χ0n) is 18.6. The van der Waals surface area contributed by atoms with E-state index < -0.39 is 0 Å². The molecule has 0 bridgehead atoms. The summed E-state index contributed by atoms with van der Waals surface area (Å²) in [6.45, 7) is 4.31. The summed E-state index contributed by atoms with van der Waals surface area (Å²) in [5.74, 6) is 0.727. The number of nitrogens with zero attached hydrogens (tertiary/aromatic N) is 1. The Balaban J connectivity index is 1.62. The number of rotatable bonds is 5. The highest BCUT2D eigenvalue weighted by Gasteiger charge is 2.41. The molecular formula is C27H32BrN3O. The number of amides is 1. The van der Waals surface area contributed by atoms with E-state index in [-0.39, 0.29) is 23.8 Å². The van der Waals surface area contributed by atoms with Crippen LogP contribution >= 0.6 is 15.9 Å². The topological polar surface area (TPSA) is 58.4 Å². The first-order valence-electron chi connectivity index (χ1n) is 11.5. The lowest BCUT2D eigenvalue weighted by Gasteiger charge is -2.42. The van der Waals surface area contributed by atoms with E-state index in [1.807, 2.05) is 25.1 Å². The number of allylic oxidation sites excluding steroid dienone is 3. The summed E-state index contributed by atoms with van der Waals surface area (Å²) in [4.78, 5) is 16.1. The van der Waals surface area contributed by atoms with Gasteiger partial charge in [0.05, 0.1) is 12.0 Å². The van der Waals surface area contributed by atoms with Crippen LogP contribution < -0.4 is 11.1 Å². The van der Waals surface area contributed by atoms with Crippen LogP contribution in [0, 0.1) is 11.8 Å². The molecule has 0 aromatic heterocycles. The number of hydrogen-bond donors (Lipinski definition) is 2. The number of nitrogens with one attached hydrogen (secondary N) is 1. The molecule has 0 radical (unpaired) electrons. The summed E-state index contributed by atoms with van der Waals surface area (Å²) in [7, 11) is 0. The van der Waals surface area contributed by atoms with Crippen LogP contribution in [0.2, 0.25) is 0 Å². The van der Waals surface area contributed by atoms with Gasteiger partial charge in [-0.25, -0.2) is 0 Å². The van der Waals surface area contributed by atoms with Crippen molar-refractivity contribution < 1.29 is 4.79 Å². The van der Waals surface area contributed by atoms with Crippen molar-refractivity contribution in [3.05, 3.63) is 94.1 Å². The normalized spacial score (nSPS) is 26.6. The van der Waals surface area contributed by atoms with Gasteiger partial charge in [0.25, 0.3) is 0 Å². The van der Waals surface area contributed by atoms with Gasteiger partial charge in [-0.1, -0.05) is 76.6 Å². The molecule has 4 atom stereocenters. The van der Waals surface area contributed by atoms with Gasteiger partial charge in [-0.15, -0.1) is 0 Å². The van der Waals surface area contributed by atoms with E-state index in [4.69, 9.17) is 5.73 Å². The van der Waals surface area contributed by atoms with Gasteiger partial charge in [-0.3, -0.25) is 4.79 Å². The summed E-state index contributed by atoms with van der Waals surface area (Å²) >= 11 is 3.70. The maximum absolute atomic E-state index is 14.0. The predicted molar refractivity (Wildman–Crippen MR) is 134 cm³/mol. The van der Waals surface area contributed by atoms with Gasteiger partial charge in [0.2, 0.25) is 5.91 Å². The van der Waals surface area contributed by atoms with E-state index in [0.717, 1.165) is 42.5 Å². The fourth-order valence-electron chi connectivity index (χ4n) is 5.30. The van der Waals surface area contributed by atoms with Gasteiger partial charge in [-0.05, 0) is 54.6 Å². The second kappa shape index (κ2) is 10.5. The van der Waals surface area contributed by atoms with Gasteiger partial charge >= 0.3 is 0 Å². The molecule has 2 aliphatic heterocycles. The molecule has 2 aromatic carbocycles. The molecule has 1 amide bonds. The Labute approximate surface area is 199 Å². The Morgan fingerprint density at radius 1 is 1.12 bits per heavy atom. The van der Waals surface area contributed by atoms with Crippen LogP contribution in [0.3, 0.4) is 0 Å². The van der Waals surface area contributed by atoms with Crippen LogP contribution in [0.25, 0.3) is 0 Å². The van der Waals surface area contributed by atoms with Gasteiger partial charge in [-0.2, -0.15) is 0 Å². The molecule has 5 heteroatoms. The molecule has 168 valence electrons. The molecule has 2 aliphatic rings. The lowest BCUT2D eigenvalue weighted by atomic mass is 9.81. The van der Waals surface area contributed by atoms with Crippen LogP contribution in [0.15, 0.2) is 83.0 Å². The first-order valence-corrected chi connectivity index (χ1v) is 12.3. The van der Waals surface area contributed by atoms with Crippen LogP contribution in [0.5, 0.6) is 0 Å². The number of nitrogens with two attached hydrogens (primary N) is 1. The largest absolute Gasteiger partial charge is 0.404 e. The van der Waals surface area contributed by atoms with Crippen molar-refractivity contribution in [1.82, 2.24) is 10.2 Å². The molecule has 3 unspecified atom stereocenters. The summed E-state index contributed by atoms with van der Waals surface area (Å²) in [5, 5.41) is 3.47. The lowest BCUT2D eigenvalue weighted by Crippen LogP contribution is -2.45. The van der Waals surface area contributed by atoms with E-state index in [1.54, 1.807) is 6.20 Å². The molecule has 3 N–H and O–H groups in total. The molecular weight excluding hydrogens is 462 g/mol. The fourth-order valence-corrected chi connectivity index (χ4v) is 5.88. The summed E-state index contributed by atoms with van der Waals surface area (Å²) < 4.78 is 1.08. The SMILES string of the molecule is C/C=C\C(=C/N)C1CCN(C(=O)[C@@H]2CNCC2c2ccccc2Br)C(c2ccccc2)C1. The van der Waals surface area contributed by atoms with Crippen molar-refractivity contribution in [3.63, 3.8) is 0 Å². The molecule has 2 aromatic rings. The fraction of sp³-hybridized carbons (Fsp3) is 0.370. The third kappa shape index (κ3) is 4.69. The van der Waals surface area contributed by atoms with Gasteiger partial charge < -0.3 is 16.0 Å². The van der Waals surface area contributed by atoms with Crippen LogP contribution in [-0.4, -0.2) is 30.4 Å². The summed E-state index contributed by atoms with van der Waals surface area (Å²) in [6, 6.07) is 18.8. The van der Waals surface area contributed by atoms with Crippen molar-refractivity contribution >= 4 is 21.8 Å². The molecule has 4 nitrogen and oxygen atoms in total. The van der Waals surface area contributed by atoms with E-state index >= 15 is 0 Å². The van der Waals surface area contributed by atoms with Gasteiger partial charge in [0.1, 0.15) is 0 Å². The van der Waals surface area contributed by atoms with E-state index in [0.29, 0.717) is 5.92 Å². The van der Waals surface area contributed by atoms with Crippen molar-refractivity contribution in [2.75, 3.05) is 19.6 Å². The molecule has 4 rings (SSSR count). The Morgan fingerprint density at radius 3 is 2.59 bits per heavy atom. The van der Waals surface area contributed by atoms with Crippen molar-refractivity contribution in [2.45, 2.75) is 31.7 Å². The first-order chi connectivity index (χ1) is 15.6. The highest BCUT2D eigenvalue weighted by molar-refractivity contribution is 9.10. The summed E-state index contributed by atoms with van der Waals surface area (Å²) in [5.41, 5.74) is 9.53. The second-order valence-corrected chi connectivity index (χ2v) is 9.59. The van der Waals surface area contributed by atoms with Crippen molar-refractivity contribution in [3.8, 4) is 0 Å². The lowest BCUT2D eigenvalue weighted by molar-refractivity contribution is -0.140. The maximum Gasteiger partial charge on any atom is 0.228 e. The monoisotopic (exact) mass is 493 g/mol. The molecule has 0 spiro atoms. The number of likely N-dealkylation sites (tertiary alicyclic amines) is 1. The molecule has 2 heterocycles. The number of carbonyl (C=O) groups excluding carboxylic acids is 1. The van der Waals surface area contributed by atoms with Crippen LogP contribution in [0.1, 0.15) is 42.9 Å². The minimum Gasteiger partial charge on any atom is -0.404 e. The van der Waals surface area contributed by atoms with E-state index in [1.165, 1.54) is 11.1 Å². The summed E-state index contributed by atoms with van der Waals surface area (Å²) in [6.07, 6.45) is 7.70.